The van der Waals surface area contributed by atoms with Crippen molar-refractivity contribution in [1.29, 1.82) is 0 Å². The summed E-state index contributed by atoms with van der Waals surface area (Å²) in [6.07, 6.45) is 1.81. The van der Waals surface area contributed by atoms with E-state index in [0.29, 0.717) is 12.4 Å². The number of rotatable bonds is 7. The van der Waals surface area contributed by atoms with Gasteiger partial charge in [0.25, 0.3) is 0 Å². The lowest BCUT2D eigenvalue weighted by Gasteiger charge is -2.07. The van der Waals surface area contributed by atoms with Crippen LogP contribution in [0.4, 0.5) is 0 Å². The number of aryl methyl sites for hydroxylation is 1. The highest BCUT2D eigenvalue weighted by molar-refractivity contribution is 5.24. The third-order valence-electron chi connectivity index (χ3n) is 3.48. The number of aliphatic hydroxyl groups is 1. The Kier molecular flexibility index (Phi) is 5.30. The maximum absolute atomic E-state index is 9.02. The van der Waals surface area contributed by atoms with Crippen molar-refractivity contribution >= 4 is 0 Å². The van der Waals surface area contributed by atoms with Crippen LogP contribution in [0.15, 0.2) is 18.3 Å². The van der Waals surface area contributed by atoms with E-state index in [2.05, 4.69) is 15.4 Å². The Bertz CT molecular complexity index is 578. The van der Waals surface area contributed by atoms with Crippen LogP contribution in [-0.4, -0.2) is 33.6 Å². The monoisotopic (exact) mass is 290 g/mol. The Morgan fingerprint density at radius 2 is 2.10 bits per heavy atom. The van der Waals surface area contributed by atoms with E-state index in [9.17, 15) is 0 Å². The molecule has 0 aliphatic carbocycles. The molecule has 2 aromatic rings. The van der Waals surface area contributed by atoms with Gasteiger partial charge in [-0.3, -0.25) is 4.68 Å². The number of hydrogen-bond donors (Lipinski definition) is 2. The van der Waals surface area contributed by atoms with Crippen LogP contribution in [0.25, 0.3) is 0 Å². The molecule has 2 N–H and O–H groups in total. The summed E-state index contributed by atoms with van der Waals surface area (Å²) in [6.45, 7) is 6.14. The zero-order chi connectivity index (χ0) is 15.2. The minimum Gasteiger partial charge on any atom is -0.481 e. The van der Waals surface area contributed by atoms with Gasteiger partial charge in [0.2, 0.25) is 5.88 Å². The SMILES string of the molecule is COc1ccc(CNCc2c(C)nn(CCO)c2C)cn1. The first-order valence-corrected chi connectivity index (χ1v) is 6.99. The molecule has 0 aromatic carbocycles. The number of pyridine rings is 1. The molecular formula is C15H22N4O2. The van der Waals surface area contributed by atoms with E-state index in [1.807, 2.05) is 30.7 Å². The van der Waals surface area contributed by atoms with E-state index in [1.54, 1.807) is 13.3 Å². The highest BCUT2D eigenvalue weighted by atomic mass is 16.5. The molecule has 0 bridgehead atoms. The summed E-state index contributed by atoms with van der Waals surface area (Å²) in [5.74, 6) is 0.621. The van der Waals surface area contributed by atoms with Crippen molar-refractivity contribution in [3.63, 3.8) is 0 Å². The van der Waals surface area contributed by atoms with Gasteiger partial charge in [-0.1, -0.05) is 6.07 Å². The molecule has 0 aliphatic heterocycles. The van der Waals surface area contributed by atoms with Gasteiger partial charge < -0.3 is 15.2 Å². The summed E-state index contributed by atoms with van der Waals surface area (Å²) in [7, 11) is 1.61. The van der Waals surface area contributed by atoms with Crippen LogP contribution in [0.5, 0.6) is 5.88 Å². The van der Waals surface area contributed by atoms with Crippen molar-refractivity contribution in [2.75, 3.05) is 13.7 Å². The normalized spacial score (nSPS) is 10.9. The zero-order valence-corrected chi connectivity index (χ0v) is 12.8. The largest absolute Gasteiger partial charge is 0.481 e. The molecule has 0 fully saturated rings. The molecule has 0 atom stereocenters. The Labute approximate surface area is 124 Å². The van der Waals surface area contributed by atoms with Crippen molar-refractivity contribution in [3.8, 4) is 5.88 Å². The first kappa shape index (κ1) is 15.5. The maximum atomic E-state index is 9.02. The number of aliphatic hydroxyl groups excluding tert-OH is 1. The van der Waals surface area contributed by atoms with Crippen LogP contribution in [0.3, 0.4) is 0 Å². The lowest BCUT2D eigenvalue weighted by molar-refractivity contribution is 0.267. The number of nitrogens with one attached hydrogen (secondary N) is 1. The summed E-state index contributed by atoms with van der Waals surface area (Å²) < 4.78 is 6.89. The molecule has 0 saturated heterocycles. The number of hydrogen-bond acceptors (Lipinski definition) is 5. The fourth-order valence-corrected chi connectivity index (χ4v) is 2.27. The van der Waals surface area contributed by atoms with Gasteiger partial charge in [-0.2, -0.15) is 5.10 Å². The lowest BCUT2D eigenvalue weighted by atomic mass is 10.2. The number of methoxy groups -OCH3 is 1. The maximum Gasteiger partial charge on any atom is 0.212 e. The van der Waals surface area contributed by atoms with Crippen LogP contribution in [-0.2, 0) is 19.6 Å². The summed E-state index contributed by atoms with van der Waals surface area (Å²) >= 11 is 0. The lowest BCUT2D eigenvalue weighted by Crippen LogP contribution is -2.14. The van der Waals surface area contributed by atoms with E-state index < -0.39 is 0 Å². The second-order valence-electron chi connectivity index (χ2n) is 4.91. The molecule has 2 aromatic heterocycles. The Morgan fingerprint density at radius 1 is 1.29 bits per heavy atom. The van der Waals surface area contributed by atoms with Crippen LogP contribution in [0.2, 0.25) is 0 Å². The summed E-state index contributed by atoms with van der Waals surface area (Å²) in [4.78, 5) is 4.18. The molecule has 6 nitrogen and oxygen atoms in total. The smallest absolute Gasteiger partial charge is 0.212 e. The van der Waals surface area contributed by atoms with Crippen molar-refractivity contribution < 1.29 is 9.84 Å². The molecule has 0 spiro atoms. The molecule has 6 heteroatoms. The van der Waals surface area contributed by atoms with Gasteiger partial charge in [0.05, 0.1) is 26.0 Å². The van der Waals surface area contributed by atoms with Crippen LogP contribution in [0.1, 0.15) is 22.5 Å². The van der Waals surface area contributed by atoms with Crippen LogP contribution in [0, 0.1) is 13.8 Å². The van der Waals surface area contributed by atoms with Gasteiger partial charge in [-0.05, 0) is 19.4 Å². The van der Waals surface area contributed by atoms with Crippen LogP contribution < -0.4 is 10.1 Å². The second-order valence-corrected chi connectivity index (χ2v) is 4.91. The molecule has 21 heavy (non-hydrogen) atoms. The third-order valence-corrected chi connectivity index (χ3v) is 3.48. The van der Waals surface area contributed by atoms with Gasteiger partial charge >= 0.3 is 0 Å². The highest BCUT2D eigenvalue weighted by Gasteiger charge is 2.10. The molecule has 0 radical (unpaired) electrons. The quantitative estimate of drug-likeness (QED) is 0.801. The average molecular weight is 290 g/mol. The third kappa shape index (κ3) is 3.80. The van der Waals surface area contributed by atoms with Gasteiger partial charge in [-0.25, -0.2) is 4.98 Å². The Hall–Kier alpha value is -1.92. The van der Waals surface area contributed by atoms with Crippen molar-refractivity contribution in [2.45, 2.75) is 33.5 Å². The van der Waals surface area contributed by atoms with Gasteiger partial charge in [0.1, 0.15) is 0 Å². The minimum absolute atomic E-state index is 0.104. The summed E-state index contributed by atoms with van der Waals surface area (Å²) in [6, 6.07) is 3.85. The zero-order valence-electron chi connectivity index (χ0n) is 12.8. The molecule has 2 heterocycles. The Morgan fingerprint density at radius 3 is 2.71 bits per heavy atom. The number of ether oxygens (including phenoxy) is 1. The van der Waals surface area contributed by atoms with E-state index in [0.717, 1.165) is 30.0 Å². The van der Waals surface area contributed by atoms with E-state index >= 15 is 0 Å². The number of nitrogens with zero attached hydrogens (tertiary/aromatic N) is 3. The van der Waals surface area contributed by atoms with E-state index in [4.69, 9.17) is 9.84 Å². The predicted molar refractivity (Wildman–Crippen MR) is 80.1 cm³/mol. The minimum atomic E-state index is 0.104. The van der Waals surface area contributed by atoms with E-state index in [-0.39, 0.29) is 6.61 Å². The molecule has 0 saturated carbocycles. The van der Waals surface area contributed by atoms with Gasteiger partial charge in [0.15, 0.2) is 0 Å². The first-order chi connectivity index (χ1) is 10.2. The predicted octanol–water partition coefficient (Wildman–Crippen LogP) is 1.19. The molecular weight excluding hydrogens is 268 g/mol. The number of aromatic nitrogens is 3. The topological polar surface area (TPSA) is 72.2 Å². The van der Waals surface area contributed by atoms with Crippen molar-refractivity contribution in [3.05, 3.63) is 40.8 Å². The van der Waals surface area contributed by atoms with Gasteiger partial charge in [0, 0.05) is 36.6 Å². The Balaban J connectivity index is 1.93. The summed E-state index contributed by atoms with van der Waals surface area (Å²) in [5.41, 5.74) is 4.39. The molecule has 0 aliphatic rings. The second kappa shape index (κ2) is 7.19. The molecule has 114 valence electrons. The molecule has 2 rings (SSSR count). The fraction of sp³-hybridized carbons (Fsp3) is 0.467. The molecule has 0 amide bonds. The molecule has 0 unspecified atom stereocenters. The first-order valence-electron chi connectivity index (χ1n) is 6.99. The average Bonchev–Trinajstić information content (AvgIpc) is 2.76. The van der Waals surface area contributed by atoms with Gasteiger partial charge in [-0.15, -0.1) is 0 Å². The standard InChI is InChI=1S/C15H22N4O2/c1-11-14(12(2)19(18-11)6-7-20)10-16-8-13-4-5-15(21-3)17-9-13/h4-5,9,16,20H,6-8,10H2,1-3H3. The fourth-order valence-electron chi connectivity index (χ4n) is 2.27. The highest BCUT2D eigenvalue weighted by Crippen LogP contribution is 2.13. The summed E-state index contributed by atoms with van der Waals surface area (Å²) in [5, 5.41) is 16.9. The van der Waals surface area contributed by atoms with E-state index in [1.165, 1.54) is 5.56 Å². The van der Waals surface area contributed by atoms with Crippen molar-refractivity contribution in [2.24, 2.45) is 0 Å². The van der Waals surface area contributed by atoms with Crippen molar-refractivity contribution in [1.82, 2.24) is 20.1 Å². The van der Waals surface area contributed by atoms with Crippen LogP contribution >= 0.6 is 0 Å².